The molecule has 2 aromatic carbocycles. The van der Waals surface area contributed by atoms with Crippen molar-refractivity contribution in [3.8, 4) is 11.5 Å². The maximum atomic E-state index is 12.9. The molecule has 0 saturated carbocycles. The summed E-state index contributed by atoms with van der Waals surface area (Å²) in [7, 11) is 3.05. The van der Waals surface area contributed by atoms with E-state index in [0.717, 1.165) is 5.56 Å². The number of amides is 1. The van der Waals surface area contributed by atoms with Crippen LogP contribution in [0.1, 0.15) is 18.1 Å². The molecule has 1 aliphatic heterocycles. The van der Waals surface area contributed by atoms with Gasteiger partial charge in [0.2, 0.25) is 5.91 Å². The Morgan fingerprint density at radius 1 is 1.16 bits per heavy atom. The summed E-state index contributed by atoms with van der Waals surface area (Å²) in [6.07, 6.45) is 1.55. The van der Waals surface area contributed by atoms with Crippen LogP contribution in [-0.4, -0.2) is 54.3 Å². The molecule has 162 valence electrons. The van der Waals surface area contributed by atoms with Gasteiger partial charge in [-0.05, 0) is 11.6 Å². The summed E-state index contributed by atoms with van der Waals surface area (Å²) in [4.78, 5) is 31.9. The molecule has 8 nitrogen and oxygen atoms in total. The van der Waals surface area contributed by atoms with E-state index < -0.39 is 0 Å². The van der Waals surface area contributed by atoms with Gasteiger partial charge >= 0.3 is 0 Å². The molecule has 1 fully saturated rings. The third-order valence-electron chi connectivity index (χ3n) is 5.49. The Labute approximate surface area is 180 Å². The summed E-state index contributed by atoms with van der Waals surface area (Å²) >= 11 is 0. The van der Waals surface area contributed by atoms with Gasteiger partial charge in [-0.1, -0.05) is 30.3 Å². The minimum Gasteiger partial charge on any atom is -0.493 e. The average Bonchev–Trinajstić information content (AvgIpc) is 2.83. The van der Waals surface area contributed by atoms with Gasteiger partial charge in [-0.25, -0.2) is 4.98 Å². The molecule has 0 N–H and O–H groups in total. The van der Waals surface area contributed by atoms with Crippen molar-refractivity contribution in [3.63, 3.8) is 0 Å². The van der Waals surface area contributed by atoms with Crippen LogP contribution >= 0.6 is 0 Å². The zero-order chi connectivity index (χ0) is 21.8. The number of aryl methyl sites for hydroxylation is 1. The lowest BCUT2D eigenvalue weighted by atomic mass is 10.1. The number of nitrogens with zero attached hydrogens (tertiary/aromatic N) is 3. The standard InChI is InChI=1S/C23H25N3O5/c1-29-19-12-17-18(13-20(19)30-2)24-15-26(23(17)28)9-8-22(27)25-10-11-31-21(14-25)16-6-4-3-5-7-16/h3-7,12-13,15,21H,8-11,14H2,1-2H3/t21-/m1/s1. The largest absolute Gasteiger partial charge is 0.493 e. The Bertz CT molecular complexity index is 1130. The van der Waals surface area contributed by atoms with Crippen molar-refractivity contribution in [2.45, 2.75) is 19.1 Å². The molecular formula is C23H25N3O5. The highest BCUT2D eigenvalue weighted by atomic mass is 16.5. The maximum absolute atomic E-state index is 12.9. The summed E-state index contributed by atoms with van der Waals surface area (Å²) in [6.45, 7) is 1.79. The minimum atomic E-state index is -0.220. The van der Waals surface area contributed by atoms with Crippen LogP contribution in [0.3, 0.4) is 0 Å². The van der Waals surface area contributed by atoms with Gasteiger partial charge in [0.1, 0.15) is 6.10 Å². The second-order valence-corrected chi connectivity index (χ2v) is 7.33. The Morgan fingerprint density at radius 3 is 2.65 bits per heavy atom. The van der Waals surface area contributed by atoms with Crippen LogP contribution in [0, 0.1) is 0 Å². The number of methoxy groups -OCH3 is 2. The first-order valence-electron chi connectivity index (χ1n) is 10.2. The van der Waals surface area contributed by atoms with E-state index in [-0.39, 0.29) is 30.5 Å². The van der Waals surface area contributed by atoms with Gasteiger partial charge in [-0.2, -0.15) is 0 Å². The van der Waals surface area contributed by atoms with E-state index in [2.05, 4.69) is 4.98 Å². The monoisotopic (exact) mass is 423 g/mol. The molecule has 0 bridgehead atoms. The molecule has 1 aliphatic rings. The average molecular weight is 423 g/mol. The van der Waals surface area contributed by atoms with E-state index in [1.54, 1.807) is 17.0 Å². The lowest BCUT2D eigenvalue weighted by Gasteiger charge is -2.33. The predicted octanol–water partition coefficient (Wildman–Crippen LogP) is 2.40. The van der Waals surface area contributed by atoms with E-state index >= 15 is 0 Å². The molecule has 1 amide bonds. The summed E-state index contributed by atoms with van der Waals surface area (Å²) in [5, 5.41) is 0.420. The lowest BCUT2D eigenvalue weighted by Crippen LogP contribution is -2.42. The molecule has 8 heteroatoms. The van der Waals surface area contributed by atoms with Gasteiger partial charge in [0.15, 0.2) is 11.5 Å². The van der Waals surface area contributed by atoms with Gasteiger partial charge < -0.3 is 19.1 Å². The van der Waals surface area contributed by atoms with Crippen LogP contribution in [0.5, 0.6) is 11.5 Å². The summed E-state index contributed by atoms with van der Waals surface area (Å²) < 4.78 is 17.9. The number of morpholine rings is 1. The Balaban J connectivity index is 1.46. The molecule has 3 aromatic rings. The fourth-order valence-corrected chi connectivity index (χ4v) is 3.76. The van der Waals surface area contributed by atoms with Gasteiger partial charge in [0.25, 0.3) is 5.56 Å². The van der Waals surface area contributed by atoms with Crippen molar-refractivity contribution < 1.29 is 19.0 Å². The molecule has 1 aromatic heterocycles. The lowest BCUT2D eigenvalue weighted by molar-refractivity contribution is -0.139. The first kappa shape index (κ1) is 20.9. The molecule has 0 unspecified atom stereocenters. The highest BCUT2D eigenvalue weighted by Crippen LogP contribution is 2.29. The van der Waals surface area contributed by atoms with E-state index in [4.69, 9.17) is 14.2 Å². The van der Waals surface area contributed by atoms with E-state index in [1.807, 2.05) is 30.3 Å². The van der Waals surface area contributed by atoms with Gasteiger partial charge in [0, 0.05) is 25.6 Å². The molecule has 2 heterocycles. The van der Waals surface area contributed by atoms with Crippen LogP contribution in [0.2, 0.25) is 0 Å². The molecule has 1 saturated heterocycles. The van der Waals surface area contributed by atoms with Crippen molar-refractivity contribution >= 4 is 16.8 Å². The second kappa shape index (κ2) is 9.18. The number of ether oxygens (including phenoxy) is 3. The number of rotatable bonds is 6. The topological polar surface area (TPSA) is 82.9 Å². The number of carbonyl (C=O) groups is 1. The van der Waals surface area contributed by atoms with Gasteiger partial charge in [-0.15, -0.1) is 0 Å². The zero-order valence-corrected chi connectivity index (χ0v) is 17.6. The van der Waals surface area contributed by atoms with Crippen molar-refractivity contribution in [3.05, 3.63) is 64.7 Å². The minimum absolute atomic E-state index is 0.0106. The van der Waals surface area contributed by atoms with Crippen molar-refractivity contribution in [2.24, 2.45) is 0 Å². The molecular weight excluding hydrogens is 398 g/mol. The number of aromatic nitrogens is 2. The van der Waals surface area contributed by atoms with Crippen LogP contribution in [0.25, 0.3) is 10.9 Å². The van der Waals surface area contributed by atoms with E-state index in [0.29, 0.717) is 42.1 Å². The molecule has 31 heavy (non-hydrogen) atoms. The summed E-state index contributed by atoms with van der Waals surface area (Å²) in [5.41, 5.74) is 1.35. The van der Waals surface area contributed by atoms with Crippen LogP contribution in [-0.2, 0) is 16.1 Å². The maximum Gasteiger partial charge on any atom is 0.261 e. The van der Waals surface area contributed by atoms with Crippen LogP contribution < -0.4 is 15.0 Å². The highest BCUT2D eigenvalue weighted by Gasteiger charge is 2.25. The number of carbonyl (C=O) groups excluding carboxylic acids is 1. The Kier molecular flexibility index (Phi) is 6.18. The van der Waals surface area contributed by atoms with Crippen molar-refractivity contribution in [2.75, 3.05) is 33.9 Å². The first-order chi connectivity index (χ1) is 15.1. The Morgan fingerprint density at radius 2 is 1.90 bits per heavy atom. The number of fused-ring (bicyclic) bond motifs is 1. The highest BCUT2D eigenvalue weighted by molar-refractivity contribution is 5.81. The predicted molar refractivity (Wildman–Crippen MR) is 115 cm³/mol. The first-order valence-corrected chi connectivity index (χ1v) is 10.2. The molecule has 0 radical (unpaired) electrons. The third kappa shape index (κ3) is 4.39. The van der Waals surface area contributed by atoms with Crippen molar-refractivity contribution in [1.29, 1.82) is 0 Å². The number of hydrogen-bond donors (Lipinski definition) is 0. The molecule has 1 atom stereocenters. The van der Waals surface area contributed by atoms with E-state index in [1.165, 1.54) is 25.1 Å². The molecule has 0 spiro atoms. The van der Waals surface area contributed by atoms with Gasteiger partial charge in [0.05, 0.1) is 44.6 Å². The number of hydrogen-bond acceptors (Lipinski definition) is 6. The fourth-order valence-electron chi connectivity index (χ4n) is 3.76. The molecule has 4 rings (SSSR count). The van der Waals surface area contributed by atoms with Crippen LogP contribution in [0.15, 0.2) is 53.6 Å². The summed E-state index contributed by atoms with van der Waals surface area (Å²) in [6, 6.07) is 13.2. The van der Waals surface area contributed by atoms with Gasteiger partial charge in [-0.3, -0.25) is 14.2 Å². The summed E-state index contributed by atoms with van der Waals surface area (Å²) in [5.74, 6) is 0.960. The van der Waals surface area contributed by atoms with Crippen molar-refractivity contribution in [1.82, 2.24) is 14.5 Å². The quantitative estimate of drug-likeness (QED) is 0.606. The zero-order valence-electron chi connectivity index (χ0n) is 17.6. The smallest absolute Gasteiger partial charge is 0.261 e. The molecule has 0 aliphatic carbocycles. The number of benzene rings is 2. The fraction of sp³-hybridized carbons (Fsp3) is 0.348. The van der Waals surface area contributed by atoms with E-state index in [9.17, 15) is 9.59 Å². The normalized spacial score (nSPS) is 16.3. The SMILES string of the molecule is COc1cc2ncn(CCC(=O)N3CCO[C@@H](c4ccccc4)C3)c(=O)c2cc1OC. The second-order valence-electron chi connectivity index (χ2n) is 7.33. The Hall–Kier alpha value is -3.39. The van der Waals surface area contributed by atoms with Crippen LogP contribution in [0.4, 0.5) is 0 Å². The third-order valence-corrected chi connectivity index (χ3v) is 5.49.